The predicted octanol–water partition coefficient (Wildman–Crippen LogP) is 3.28. The smallest absolute Gasteiger partial charge is 0.228 e. The molecule has 0 saturated carbocycles. The minimum absolute atomic E-state index is 0. The van der Waals surface area contributed by atoms with Crippen LogP contribution in [0.3, 0.4) is 0 Å². The number of methoxy groups -OCH3 is 1. The number of amides is 1. The molecule has 0 spiro atoms. The second kappa shape index (κ2) is 9.01. The van der Waals surface area contributed by atoms with Crippen LogP contribution in [0.4, 0.5) is 5.69 Å². The molecule has 1 aromatic carbocycles. The summed E-state index contributed by atoms with van der Waals surface area (Å²) in [5.41, 5.74) is 3.26. The monoisotopic (exact) mass is 326 g/mol. The van der Waals surface area contributed by atoms with E-state index >= 15 is 0 Å². The normalized spacial score (nSPS) is 12.8. The van der Waals surface area contributed by atoms with Crippen LogP contribution in [-0.2, 0) is 17.6 Å². The number of benzene rings is 1. The highest BCUT2D eigenvalue weighted by atomic mass is 35.5. The Hall–Kier alpha value is -1.26. The molecule has 0 fully saturated rings. The zero-order valence-corrected chi connectivity index (χ0v) is 14.6. The van der Waals surface area contributed by atoms with E-state index in [0.717, 1.165) is 43.1 Å². The number of nitrogens with one attached hydrogen (secondary N) is 1. The molecular formula is C17H27ClN2O2. The number of anilines is 1. The van der Waals surface area contributed by atoms with Crippen LogP contribution < -0.4 is 10.1 Å². The number of hydrogen-bond acceptors (Lipinski definition) is 3. The SMILES string of the molecule is CCCN(CCC)CCc1ccc(OC)c2c1CC(=O)N2.Cl. The van der Waals surface area contributed by atoms with Gasteiger partial charge in [0.15, 0.2) is 0 Å². The molecule has 22 heavy (non-hydrogen) atoms. The van der Waals surface area contributed by atoms with Gasteiger partial charge in [-0.3, -0.25) is 4.79 Å². The molecule has 0 atom stereocenters. The van der Waals surface area contributed by atoms with Crippen molar-refractivity contribution in [2.75, 3.05) is 32.1 Å². The fraction of sp³-hybridized carbons (Fsp3) is 0.588. The van der Waals surface area contributed by atoms with Crippen LogP contribution in [0, 0.1) is 0 Å². The van der Waals surface area contributed by atoms with E-state index in [1.807, 2.05) is 6.07 Å². The molecule has 1 amide bonds. The van der Waals surface area contributed by atoms with E-state index in [9.17, 15) is 4.79 Å². The average molecular weight is 327 g/mol. The summed E-state index contributed by atoms with van der Waals surface area (Å²) in [4.78, 5) is 14.2. The van der Waals surface area contributed by atoms with Crippen molar-refractivity contribution in [3.05, 3.63) is 23.3 Å². The lowest BCUT2D eigenvalue weighted by molar-refractivity contribution is -0.115. The zero-order valence-electron chi connectivity index (χ0n) is 13.8. The van der Waals surface area contributed by atoms with Crippen molar-refractivity contribution in [2.45, 2.75) is 39.5 Å². The van der Waals surface area contributed by atoms with Crippen molar-refractivity contribution in [1.82, 2.24) is 4.90 Å². The van der Waals surface area contributed by atoms with E-state index in [-0.39, 0.29) is 18.3 Å². The maximum absolute atomic E-state index is 11.7. The van der Waals surface area contributed by atoms with Crippen LogP contribution in [-0.4, -0.2) is 37.6 Å². The summed E-state index contributed by atoms with van der Waals surface area (Å²) in [6.45, 7) is 7.77. The van der Waals surface area contributed by atoms with Crippen molar-refractivity contribution >= 4 is 24.0 Å². The Morgan fingerprint density at radius 3 is 2.45 bits per heavy atom. The summed E-state index contributed by atoms with van der Waals surface area (Å²) in [5, 5.41) is 2.92. The van der Waals surface area contributed by atoms with E-state index in [0.29, 0.717) is 6.42 Å². The Morgan fingerprint density at radius 1 is 1.18 bits per heavy atom. The van der Waals surface area contributed by atoms with Gasteiger partial charge in [0.1, 0.15) is 5.75 Å². The maximum atomic E-state index is 11.7. The number of ether oxygens (including phenoxy) is 1. The van der Waals surface area contributed by atoms with Crippen molar-refractivity contribution in [2.24, 2.45) is 0 Å². The minimum Gasteiger partial charge on any atom is -0.495 e. The molecule has 0 unspecified atom stereocenters. The number of halogens is 1. The van der Waals surface area contributed by atoms with Gasteiger partial charge >= 0.3 is 0 Å². The Labute approximate surface area is 139 Å². The van der Waals surface area contributed by atoms with Crippen LogP contribution in [0.2, 0.25) is 0 Å². The Morgan fingerprint density at radius 2 is 1.86 bits per heavy atom. The van der Waals surface area contributed by atoms with E-state index in [1.165, 1.54) is 18.4 Å². The third-order valence-corrected chi connectivity index (χ3v) is 3.97. The number of hydrogen-bond donors (Lipinski definition) is 1. The van der Waals surface area contributed by atoms with Gasteiger partial charge in [-0.15, -0.1) is 12.4 Å². The number of rotatable bonds is 8. The number of carbonyl (C=O) groups is 1. The molecule has 124 valence electrons. The summed E-state index contributed by atoms with van der Waals surface area (Å²) < 4.78 is 5.34. The molecule has 1 aliphatic rings. The molecule has 0 saturated heterocycles. The molecule has 0 aromatic heterocycles. The van der Waals surface area contributed by atoms with Crippen LogP contribution in [0.5, 0.6) is 5.75 Å². The van der Waals surface area contributed by atoms with Gasteiger partial charge in [0.2, 0.25) is 5.91 Å². The molecule has 2 rings (SSSR count). The Bertz CT molecular complexity index is 500. The minimum atomic E-state index is 0. The fourth-order valence-electron chi connectivity index (χ4n) is 3.00. The predicted molar refractivity (Wildman–Crippen MR) is 93.3 cm³/mol. The number of nitrogens with zero attached hydrogens (tertiary/aromatic N) is 1. The number of carbonyl (C=O) groups excluding carboxylic acids is 1. The van der Waals surface area contributed by atoms with Gasteiger partial charge in [-0.05, 0) is 49.5 Å². The third kappa shape index (κ3) is 4.37. The Kier molecular flexibility index (Phi) is 7.69. The zero-order chi connectivity index (χ0) is 15.2. The summed E-state index contributed by atoms with van der Waals surface area (Å²) in [6, 6.07) is 4.07. The lowest BCUT2D eigenvalue weighted by Crippen LogP contribution is -2.28. The van der Waals surface area contributed by atoms with E-state index in [4.69, 9.17) is 4.74 Å². The summed E-state index contributed by atoms with van der Waals surface area (Å²) in [7, 11) is 1.64. The van der Waals surface area contributed by atoms with Gasteiger partial charge < -0.3 is 15.0 Å². The van der Waals surface area contributed by atoms with Crippen molar-refractivity contribution < 1.29 is 9.53 Å². The van der Waals surface area contributed by atoms with Crippen LogP contribution in [0.1, 0.15) is 37.8 Å². The van der Waals surface area contributed by atoms with Crippen LogP contribution in [0.15, 0.2) is 12.1 Å². The second-order valence-corrected chi connectivity index (χ2v) is 5.60. The van der Waals surface area contributed by atoms with Crippen LogP contribution in [0.25, 0.3) is 0 Å². The molecular weight excluding hydrogens is 300 g/mol. The summed E-state index contributed by atoms with van der Waals surface area (Å²) >= 11 is 0. The fourth-order valence-corrected chi connectivity index (χ4v) is 3.00. The van der Waals surface area contributed by atoms with Crippen molar-refractivity contribution in [3.63, 3.8) is 0 Å². The highest BCUT2D eigenvalue weighted by Crippen LogP contribution is 2.35. The lowest BCUT2D eigenvalue weighted by atomic mass is 10.0. The second-order valence-electron chi connectivity index (χ2n) is 5.60. The van der Waals surface area contributed by atoms with Crippen molar-refractivity contribution in [1.29, 1.82) is 0 Å². The molecule has 0 bridgehead atoms. The third-order valence-electron chi connectivity index (χ3n) is 3.97. The number of fused-ring (bicyclic) bond motifs is 1. The van der Waals surface area contributed by atoms with E-state index < -0.39 is 0 Å². The molecule has 0 aliphatic carbocycles. The van der Waals surface area contributed by atoms with Gasteiger partial charge in [-0.2, -0.15) is 0 Å². The van der Waals surface area contributed by atoms with E-state index in [2.05, 4.69) is 30.1 Å². The summed E-state index contributed by atoms with van der Waals surface area (Å²) in [5.74, 6) is 0.827. The molecule has 0 radical (unpaired) electrons. The van der Waals surface area contributed by atoms with E-state index in [1.54, 1.807) is 7.11 Å². The quantitative estimate of drug-likeness (QED) is 0.797. The molecule has 1 heterocycles. The lowest BCUT2D eigenvalue weighted by Gasteiger charge is -2.21. The topological polar surface area (TPSA) is 41.6 Å². The molecule has 4 nitrogen and oxygen atoms in total. The first-order valence-electron chi connectivity index (χ1n) is 7.90. The molecule has 1 N–H and O–H groups in total. The average Bonchev–Trinajstić information content (AvgIpc) is 2.86. The first kappa shape index (κ1) is 18.8. The van der Waals surface area contributed by atoms with Gasteiger partial charge in [-0.25, -0.2) is 0 Å². The first-order chi connectivity index (χ1) is 10.2. The van der Waals surface area contributed by atoms with Gasteiger partial charge in [0, 0.05) is 6.54 Å². The van der Waals surface area contributed by atoms with Gasteiger partial charge in [-0.1, -0.05) is 19.9 Å². The largest absolute Gasteiger partial charge is 0.495 e. The highest BCUT2D eigenvalue weighted by molar-refractivity contribution is 6.01. The Balaban J connectivity index is 0.00000242. The van der Waals surface area contributed by atoms with Crippen molar-refractivity contribution in [3.8, 4) is 5.75 Å². The standard InChI is InChI=1S/C17H26N2O2.ClH/c1-4-9-19(10-5-2)11-8-13-6-7-15(21-3)17-14(13)12-16(20)18-17;/h6-7H,4-5,8-12H2,1-3H3,(H,18,20);1H. The van der Waals surface area contributed by atoms with Gasteiger partial charge in [0.05, 0.1) is 19.2 Å². The van der Waals surface area contributed by atoms with Crippen LogP contribution >= 0.6 is 12.4 Å². The molecule has 1 aromatic rings. The summed E-state index contributed by atoms with van der Waals surface area (Å²) in [6.07, 6.45) is 3.83. The first-order valence-corrected chi connectivity index (χ1v) is 7.90. The molecule has 5 heteroatoms. The highest BCUT2D eigenvalue weighted by Gasteiger charge is 2.24. The maximum Gasteiger partial charge on any atom is 0.228 e. The van der Waals surface area contributed by atoms with Gasteiger partial charge in [0.25, 0.3) is 0 Å². The molecule has 1 aliphatic heterocycles.